The maximum Gasteiger partial charge on any atom is 0.240 e. The van der Waals surface area contributed by atoms with Gasteiger partial charge in [0.2, 0.25) is 11.8 Å². The van der Waals surface area contributed by atoms with Crippen molar-refractivity contribution in [3.8, 4) is 0 Å². The van der Waals surface area contributed by atoms with Crippen molar-refractivity contribution in [3.63, 3.8) is 0 Å². The number of hydrazone groups is 1. The summed E-state index contributed by atoms with van der Waals surface area (Å²) in [6.07, 6.45) is 1.71. The molecule has 6 rings (SSSR count). The smallest absolute Gasteiger partial charge is 0.240 e. The monoisotopic (exact) mass is 435 g/mol. The van der Waals surface area contributed by atoms with E-state index in [9.17, 15) is 14.4 Å². The zero-order valence-corrected chi connectivity index (χ0v) is 18.0. The first-order valence-electron chi connectivity index (χ1n) is 11.0. The largest absolute Gasteiger partial charge is 0.292 e. The Labute approximate surface area is 191 Å². The second-order valence-corrected chi connectivity index (χ2v) is 8.77. The molecule has 3 aromatic rings. The number of anilines is 1. The number of aryl methyl sites for hydroxylation is 1. The number of benzene rings is 3. The van der Waals surface area contributed by atoms with Gasteiger partial charge in [-0.3, -0.25) is 19.4 Å². The predicted molar refractivity (Wildman–Crippen MR) is 124 cm³/mol. The quantitative estimate of drug-likeness (QED) is 0.464. The minimum Gasteiger partial charge on any atom is -0.292 e. The lowest BCUT2D eigenvalue weighted by Gasteiger charge is -2.33. The lowest BCUT2D eigenvalue weighted by Crippen LogP contribution is -2.44. The summed E-state index contributed by atoms with van der Waals surface area (Å²) in [6.45, 7) is 1.95. The van der Waals surface area contributed by atoms with Crippen LogP contribution in [0.25, 0.3) is 0 Å². The van der Waals surface area contributed by atoms with E-state index in [1.54, 1.807) is 47.6 Å². The number of fused-ring (bicyclic) bond motifs is 5. The molecule has 0 aromatic heterocycles. The van der Waals surface area contributed by atoms with Crippen LogP contribution >= 0.6 is 0 Å². The summed E-state index contributed by atoms with van der Waals surface area (Å²) in [6, 6.07) is 22.6. The highest BCUT2D eigenvalue weighted by molar-refractivity contribution is 6.24. The molecule has 3 aliphatic heterocycles. The summed E-state index contributed by atoms with van der Waals surface area (Å²) in [4.78, 5) is 42.5. The van der Waals surface area contributed by atoms with E-state index >= 15 is 0 Å². The Kier molecular flexibility index (Phi) is 4.30. The van der Waals surface area contributed by atoms with Crippen LogP contribution in [-0.2, 0) is 9.59 Å². The molecule has 0 N–H and O–H groups in total. The van der Waals surface area contributed by atoms with Crippen molar-refractivity contribution in [2.45, 2.75) is 19.0 Å². The van der Waals surface area contributed by atoms with Gasteiger partial charge in [0, 0.05) is 5.56 Å². The van der Waals surface area contributed by atoms with Gasteiger partial charge in [0.1, 0.15) is 6.04 Å². The number of amides is 2. The average molecular weight is 435 g/mol. The zero-order chi connectivity index (χ0) is 22.7. The third-order valence-electron chi connectivity index (χ3n) is 6.91. The predicted octanol–water partition coefficient (Wildman–Crippen LogP) is 3.76. The molecule has 2 amide bonds. The fourth-order valence-corrected chi connectivity index (χ4v) is 5.39. The van der Waals surface area contributed by atoms with Gasteiger partial charge in [-0.25, -0.2) is 4.90 Å². The summed E-state index contributed by atoms with van der Waals surface area (Å²) in [5.74, 6) is -2.31. The van der Waals surface area contributed by atoms with E-state index in [2.05, 4.69) is 5.10 Å². The number of carbonyl (C=O) groups is 3. The van der Waals surface area contributed by atoms with E-state index in [1.807, 2.05) is 49.4 Å². The number of Topliss-reactive ketones (excluding diaryl/α,β-unsaturated/α-hetero) is 1. The molecule has 0 saturated carbocycles. The Balaban J connectivity index is 1.50. The maximum absolute atomic E-state index is 13.8. The van der Waals surface area contributed by atoms with E-state index in [4.69, 9.17) is 0 Å². The molecule has 0 aliphatic carbocycles. The maximum atomic E-state index is 13.8. The van der Waals surface area contributed by atoms with Crippen molar-refractivity contribution in [2.24, 2.45) is 16.9 Å². The highest BCUT2D eigenvalue weighted by atomic mass is 16.2. The SMILES string of the molecule is Cc1ccc(N2C(=O)[C@@H]3[C@@H](C2=O)[C@H]2c4ccccc4C=NN2[C@@H]3C(=O)c2ccccc2)cc1. The Bertz CT molecular complexity index is 1320. The molecule has 2 saturated heterocycles. The zero-order valence-electron chi connectivity index (χ0n) is 18.0. The molecular weight excluding hydrogens is 414 g/mol. The van der Waals surface area contributed by atoms with Gasteiger partial charge in [-0.2, -0.15) is 5.10 Å². The first-order valence-corrected chi connectivity index (χ1v) is 11.0. The third-order valence-corrected chi connectivity index (χ3v) is 6.91. The van der Waals surface area contributed by atoms with Crippen molar-refractivity contribution in [1.29, 1.82) is 0 Å². The van der Waals surface area contributed by atoms with Crippen LogP contribution in [0.4, 0.5) is 5.69 Å². The van der Waals surface area contributed by atoms with Gasteiger partial charge in [0.15, 0.2) is 5.78 Å². The normalized spacial score (nSPS) is 25.1. The summed E-state index contributed by atoms with van der Waals surface area (Å²) in [7, 11) is 0. The van der Waals surface area contributed by atoms with Crippen molar-refractivity contribution in [2.75, 3.05) is 4.90 Å². The number of hydrogen-bond donors (Lipinski definition) is 0. The van der Waals surface area contributed by atoms with Crippen LogP contribution in [0.15, 0.2) is 84.0 Å². The van der Waals surface area contributed by atoms with Gasteiger partial charge < -0.3 is 0 Å². The minimum atomic E-state index is -0.848. The second kappa shape index (κ2) is 7.24. The van der Waals surface area contributed by atoms with Crippen LogP contribution in [0, 0.1) is 18.8 Å². The molecule has 0 unspecified atom stereocenters. The van der Waals surface area contributed by atoms with E-state index in [0.717, 1.165) is 16.7 Å². The Hall–Kier alpha value is -4.06. The molecule has 0 spiro atoms. The number of hydrogen-bond acceptors (Lipinski definition) is 5. The topological polar surface area (TPSA) is 70.1 Å². The van der Waals surface area contributed by atoms with Crippen LogP contribution in [0.3, 0.4) is 0 Å². The molecule has 2 fully saturated rings. The van der Waals surface area contributed by atoms with E-state index in [0.29, 0.717) is 11.3 Å². The van der Waals surface area contributed by atoms with Crippen LogP contribution < -0.4 is 4.90 Å². The molecule has 33 heavy (non-hydrogen) atoms. The number of rotatable bonds is 3. The molecule has 6 nitrogen and oxygen atoms in total. The highest BCUT2D eigenvalue weighted by Crippen LogP contribution is 2.53. The van der Waals surface area contributed by atoms with Crippen molar-refractivity contribution >= 4 is 29.5 Å². The molecule has 162 valence electrons. The van der Waals surface area contributed by atoms with E-state index in [-0.39, 0.29) is 17.6 Å². The van der Waals surface area contributed by atoms with Crippen molar-refractivity contribution < 1.29 is 14.4 Å². The number of carbonyl (C=O) groups excluding carboxylic acids is 3. The van der Waals surface area contributed by atoms with Crippen molar-refractivity contribution in [1.82, 2.24) is 5.01 Å². The van der Waals surface area contributed by atoms with Gasteiger partial charge in [0.25, 0.3) is 0 Å². The lowest BCUT2D eigenvalue weighted by molar-refractivity contribution is -0.124. The Morgan fingerprint density at radius 2 is 1.48 bits per heavy atom. The molecule has 6 heteroatoms. The minimum absolute atomic E-state index is 0.198. The summed E-state index contributed by atoms with van der Waals surface area (Å²) in [5, 5.41) is 6.28. The van der Waals surface area contributed by atoms with Crippen LogP contribution in [-0.4, -0.2) is 34.9 Å². The van der Waals surface area contributed by atoms with Crippen LogP contribution in [0.1, 0.15) is 33.1 Å². The molecule has 3 aliphatic rings. The van der Waals surface area contributed by atoms with Gasteiger partial charge in [-0.15, -0.1) is 0 Å². The fourth-order valence-electron chi connectivity index (χ4n) is 5.39. The average Bonchev–Trinajstić information content (AvgIpc) is 3.32. The molecular formula is C27H21N3O3. The molecule has 3 heterocycles. The van der Waals surface area contributed by atoms with Gasteiger partial charge in [-0.05, 0) is 30.2 Å². The number of imide groups is 1. The standard InChI is InChI=1S/C27H21N3O3/c1-16-11-13-19(14-12-16)29-26(32)21-22(27(29)33)24(25(31)17-7-3-2-4-8-17)30-23(21)20-10-6-5-9-18(20)15-28-30/h2-15,21-24H,1H3/t21-,22-,23-,24+/m1/s1. The van der Waals surface area contributed by atoms with Crippen LogP contribution in [0.2, 0.25) is 0 Å². The van der Waals surface area contributed by atoms with Crippen LogP contribution in [0.5, 0.6) is 0 Å². The highest BCUT2D eigenvalue weighted by Gasteiger charge is 2.65. The first-order chi connectivity index (χ1) is 16.1. The molecule has 3 aromatic carbocycles. The second-order valence-electron chi connectivity index (χ2n) is 8.77. The Morgan fingerprint density at radius 3 is 2.24 bits per heavy atom. The molecule has 0 radical (unpaired) electrons. The summed E-state index contributed by atoms with van der Waals surface area (Å²) in [5.41, 5.74) is 3.90. The number of ketones is 1. The van der Waals surface area contributed by atoms with Gasteiger partial charge in [0.05, 0.1) is 29.8 Å². The van der Waals surface area contributed by atoms with E-state index < -0.39 is 23.9 Å². The number of nitrogens with zero attached hydrogens (tertiary/aromatic N) is 3. The van der Waals surface area contributed by atoms with Crippen molar-refractivity contribution in [3.05, 3.63) is 101 Å². The third kappa shape index (κ3) is 2.80. The fraction of sp³-hybridized carbons (Fsp3) is 0.185. The Morgan fingerprint density at radius 1 is 0.818 bits per heavy atom. The van der Waals surface area contributed by atoms with E-state index in [1.165, 1.54) is 4.90 Å². The molecule has 0 bridgehead atoms. The lowest BCUT2D eigenvalue weighted by atomic mass is 9.83. The first kappa shape index (κ1) is 19.6. The summed E-state index contributed by atoms with van der Waals surface area (Å²) < 4.78 is 0. The molecule has 4 atom stereocenters. The van der Waals surface area contributed by atoms with Gasteiger partial charge in [-0.1, -0.05) is 72.3 Å². The van der Waals surface area contributed by atoms with Gasteiger partial charge >= 0.3 is 0 Å². The summed E-state index contributed by atoms with van der Waals surface area (Å²) >= 11 is 0.